The number of nitro groups is 1. The van der Waals surface area contributed by atoms with Crippen molar-refractivity contribution < 1.29 is 23.3 Å². The molecule has 0 aromatic carbocycles. The Kier molecular flexibility index (Phi) is 5.97. The standard InChI is InChI=1S/C18H18F2N6O4S/c1-4-10(25-8(3)6-11(24-25)26(29)30)17(28)23-13-12-7(2)5-9(15(19)20)22-18(12)31-14(13)16(21)27/h5-6,10,15H,4H2,1-3H3,(H2,21,27)(H,23,28). The average Bonchev–Trinajstić information content (AvgIpc) is 3.24. The van der Waals surface area contributed by atoms with Crippen LogP contribution in [-0.4, -0.2) is 31.5 Å². The van der Waals surface area contributed by atoms with Gasteiger partial charge in [-0.05, 0) is 36.8 Å². The van der Waals surface area contributed by atoms with Crippen LogP contribution >= 0.6 is 11.3 Å². The van der Waals surface area contributed by atoms with Gasteiger partial charge in [0.25, 0.3) is 18.2 Å². The SMILES string of the molecule is CCC(C(=O)Nc1c(C(N)=O)sc2nc(C(F)F)cc(C)c12)n1nc([N+](=O)[O-])cc1C. The number of fused-ring (bicyclic) bond motifs is 1. The van der Waals surface area contributed by atoms with Gasteiger partial charge in [0.05, 0.1) is 22.5 Å². The molecule has 0 radical (unpaired) electrons. The van der Waals surface area contributed by atoms with E-state index in [0.717, 1.165) is 11.3 Å². The van der Waals surface area contributed by atoms with Crippen LogP contribution in [0, 0.1) is 24.0 Å². The summed E-state index contributed by atoms with van der Waals surface area (Å²) in [5, 5.41) is 17.8. The van der Waals surface area contributed by atoms with Crippen LogP contribution in [0.4, 0.5) is 20.3 Å². The molecule has 0 saturated heterocycles. The highest BCUT2D eigenvalue weighted by Gasteiger charge is 2.30. The molecule has 1 unspecified atom stereocenters. The number of alkyl halides is 2. The molecule has 13 heteroatoms. The molecule has 3 heterocycles. The lowest BCUT2D eigenvalue weighted by Crippen LogP contribution is -2.28. The third-order valence-corrected chi connectivity index (χ3v) is 5.75. The van der Waals surface area contributed by atoms with Crippen molar-refractivity contribution in [1.82, 2.24) is 14.8 Å². The van der Waals surface area contributed by atoms with Crippen molar-refractivity contribution in [2.24, 2.45) is 5.73 Å². The number of nitrogens with one attached hydrogen (secondary N) is 1. The molecule has 0 bridgehead atoms. The number of carbonyl (C=O) groups excluding carboxylic acids is 2. The molecule has 0 aliphatic rings. The average molecular weight is 452 g/mol. The van der Waals surface area contributed by atoms with Crippen LogP contribution in [0.2, 0.25) is 0 Å². The molecule has 3 aromatic rings. The van der Waals surface area contributed by atoms with E-state index >= 15 is 0 Å². The zero-order chi connectivity index (χ0) is 23.0. The lowest BCUT2D eigenvalue weighted by atomic mass is 10.1. The highest BCUT2D eigenvalue weighted by Crippen LogP contribution is 2.38. The molecular formula is C18H18F2N6O4S. The number of anilines is 1. The van der Waals surface area contributed by atoms with E-state index in [-0.39, 0.29) is 21.8 Å². The number of primary amides is 1. The van der Waals surface area contributed by atoms with Crippen molar-refractivity contribution in [3.8, 4) is 0 Å². The van der Waals surface area contributed by atoms with Gasteiger partial charge in [-0.1, -0.05) is 6.92 Å². The van der Waals surface area contributed by atoms with Crippen LogP contribution in [0.5, 0.6) is 0 Å². The molecule has 0 aliphatic carbocycles. The van der Waals surface area contributed by atoms with E-state index in [0.29, 0.717) is 16.6 Å². The minimum atomic E-state index is -2.80. The van der Waals surface area contributed by atoms with Crippen LogP contribution in [0.1, 0.15) is 52.4 Å². The topological polar surface area (TPSA) is 146 Å². The van der Waals surface area contributed by atoms with E-state index in [1.165, 1.54) is 16.8 Å². The second kappa shape index (κ2) is 8.34. The third kappa shape index (κ3) is 4.08. The van der Waals surface area contributed by atoms with Crippen LogP contribution in [-0.2, 0) is 4.79 Å². The molecular weight excluding hydrogens is 434 g/mol. The Bertz CT molecular complexity index is 1210. The van der Waals surface area contributed by atoms with Gasteiger partial charge in [-0.25, -0.2) is 13.8 Å². The smallest absolute Gasteiger partial charge is 0.365 e. The van der Waals surface area contributed by atoms with E-state index in [2.05, 4.69) is 15.4 Å². The zero-order valence-electron chi connectivity index (χ0n) is 16.7. The van der Waals surface area contributed by atoms with Gasteiger partial charge in [-0.15, -0.1) is 11.3 Å². The van der Waals surface area contributed by atoms with Gasteiger partial charge in [0.15, 0.2) is 6.04 Å². The van der Waals surface area contributed by atoms with Gasteiger partial charge in [0.1, 0.15) is 15.4 Å². The van der Waals surface area contributed by atoms with Crippen LogP contribution in [0.15, 0.2) is 12.1 Å². The molecule has 1 atom stereocenters. The van der Waals surface area contributed by atoms with E-state index in [1.54, 1.807) is 20.8 Å². The molecule has 0 fully saturated rings. The molecule has 0 aliphatic heterocycles. The number of amides is 2. The van der Waals surface area contributed by atoms with E-state index in [1.807, 2.05) is 0 Å². The molecule has 3 rings (SSSR count). The van der Waals surface area contributed by atoms with Gasteiger partial charge in [0.2, 0.25) is 0 Å². The summed E-state index contributed by atoms with van der Waals surface area (Å²) in [5.41, 5.74) is 5.84. The summed E-state index contributed by atoms with van der Waals surface area (Å²) < 4.78 is 27.4. The van der Waals surface area contributed by atoms with E-state index < -0.39 is 40.7 Å². The van der Waals surface area contributed by atoms with Crippen molar-refractivity contribution in [1.29, 1.82) is 0 Å². The maximum absolute atomic E-state index is 13.1. The number of aryl methyl sites for hydroxylation is 2. The number of halogens is 2. The van der Waals surface area contributed by atoms with E-state index in [9.17, 15) is 28.5 Å². The summed E-state index contributed by atoms with van der Waals surface area (Å²) in [7, 11) is 0. The number of hydrogen-bond acceptors (Lipinski definition) is 7. The minimum Gasteiger partial charge on any atom is -0.365 e. The van der Waals surface area contributed by atoms with Crippen LogP contribution in [0.3, 0.4) is 0 Å². The summed E-state index contributed by atoms with van der Waals surface area (Å²) in [5.74, 6) is -1.85. The van der Waals surface area contributed by atoms with Crippen LogP contribution < -0.4 is 11.1 Å². The van der Waals surface area contributed by atoms with Crippen molar-refractivity contribution in [2.75, 3.05) is 5.32 Å². The third-order valence-electron chi connectivity index (χ3n) is 4.66. The quantitative estimate of drug-likeness (QED) is 0.413. The molecule has 31 heavy (non-hydrogen) atoms. The Hall–Kier alpha value is -3.48. The summed E-state index contributed by atoms with van der Waals surface area (Å²) in [6.45, 7) is 4.83. The lowest BCUT2D eigenvalue weighted by molar-refractivity contribution is -0.389. The van der Waals surface area contributed by atoms with Gasteiger partial charge in [-0.3, -0.25) is 9.59 Å². The summed E-state index contributed by atoms with van der Waals surface area (Å²) in [4.78, 5) is 39.3. The normalized spacial score (nSPS) is 12.3. The van der Waals surface area contributed by atoms with E-state index in [4.69, 9.17) is 5.73 Å². The first-order valence-corrected chi connectivity index (χ1v) is 9.90. The number of nitrogens with zero attached hydrogens (tertiary/aromatic N) is 4. The number of carbonyl (C=O) groups is 2. The molecule has 164 valence electrons. The van der Waals surface area contributed by atoms with Gasteiger partial charge >= 0.3 is 5.82 Å². The minimum absolute atomic E-state index is 0.0385. The largest absolute Gasteiger partial charge is 0.390 e. The molecule has 0 spiro atoms. The van der Waals surface area contributed by atoms with Gasteiger partial charge in [-0.2, -0.15) is 4.68 Å². The Morgan fingerprint density at radius 1 is 1.35 bits per heavy atom. The monoisotopic (exact) mass is 452 g/mol. The second-order valence-corrected chi connectivity index (χ2v) is 7.77. The Morgan fingerprint density at radius 3 is 2.55 bits per heavy atom. The summed E-state index contributed by atoms with van der Waals surface area (Å²) in [6, 6.07) is 1.50. The molecule has 3 N–H and O–H groups in total. The van der Waals surface area contributed by atoms with Crippen molar-refractivity contribution >= 4 is 44.9 Å². The second-order valence-electron chi connectivity index (χ2n) is 6.77. The number of thiophene rings is 1. The Balaban J connectivity index is 2.07. The predicted molar refractivity (Wildman–Crippen MR) is 109 cm³/mol. The molecule has 3 aromatic heterocycles. The number of hydrogen-bond donors (Lipinski definition) is 2. The van der Waals surface area contributed by atoms with Crippen molar-refractivity contribution in [3.63, 3.8) is 0 Å². The predicted octanol–water partition coefficient (Wildman–Crippen LogP) is 3.64. The molecule has 10 nitrogen and oxygen atoms in total. The highest BCUT2D eigenvalue weighted by atomic mass is 32.1. The van der Waals surface area contributed by atoms with Crippen molar-refractivity contribution in [2.45, 2.75) is 39.7 Å². The fourth-order valence-electron chi connectivity index (χ4n) is 3.26. The zero-order valence-corrected chi connectivity index (χ0v) is 17.5. The maximum atomic E-state index is 13.1. The summed E-state index contributed by atoms with van der Waals surface area (Å²) in [6.07, 6.45) is -2.56. The highest BCUT2D eigenvalue weighted by molar-refractivity contribution is 7.21. The number of aromatic nitrogens is 3. The maximum Gasteiger partial charge on any atom is 0.390 e. The first-order chi connectivity index (χ1) is 14.5. The lowest BCUT2D eigenvalue weighted by Gasteiger charge is -2.15. The Labute approximate surface area is 178 Å². The van der Waals surface area contributed by atoms with Gasteiger partial charge < -0.3 is 21.2 Å². The fraction of sp³-hybridized carbons (Fsp3) is 0.333. The first-order valence-electron chi connectivity index (χ1n) is 9.08. The Morgan fingerprint density at radius 2 is 2.03 bits per heavy atom. The molecule has 0 saturated carbocycles. The molecule has 2 amide bonds. The number of pyridine rings is 1. The van der Waals surface area contributed by atoms with Crippen LogP contribution in [0.25, 0.3) is 10.2 Å². The number of nitrogens with two attached hydrogens (primary N) is 1. The number of rotatable bonds is 7. The van der Waals surface area contributed by atoms with Crippen molar-refractivity contribution in [3.05, 3.63) is 44.1 Å². The van der Waals surface area contributed by atoms with Gasteiger partial charge in [0, 0.05) is 5.39 Å². The fourth-order valence-corrected chi connectivity index (χ4v) is 4.33. The summed E-state index contributed by atoms with van der Waals surface area (Å²) >= 11 is 0.801. The first kappa shape index (κ1) is 22.2.